The molecule has 30 heavy (non-hydrogen) atoms. The normalized spacial score (nSPS) is 14.2. The summed E-state index contributed by atoms with van der Waals surface area (Å²) in [7, 11) is 3.76. The van der Waals surface area contributed by atoms with Gasteiger partial charge >= 0.3 is 0 Å². The third-order valence-corrected chi connectivity index (χ3v) is 5.06. The highest BCUT2D eigenvalue weighted by molar-refractivity contribution is 5.85. The monoisotopic (exact) mass is 415 g/mol. The summed E-state index contributed by atoms with van der Waals surface area (Å²) in [5, 5.41) is 3.48. The summed E-state index contributed by atoms with van der Waals surface area (Å²) in [6.07, 6.45) is 0. The Morgan fingerprint density at radius 3 is 2.40 bits per heavy atom. The predicted octanol–water partition coefficient (Wildman–Crippen LogP) is 3.59. The van der Waals surface area contributed by atoms with E-state index in [0.29, 0.717) is 54.4 Å². The number of hydrogen-bond donors (Lipinski definition) is 1. The van der Waals surface area contributed by atoms with Gasteiger partial charge in [0.1, 0.15) is 17.2 Å². The first-order chi connectivity index (χ1) is 14.4. The molecule has 1 aliphatic rings. The quantitative estimate of drug-likeness (QED) is 0.688. The summed E-state index contributed by atoms with van der Waals surface area (Å²) in [6.45, 7) is 2.65. The highest BCUT2D eigenvalue weighted by atomic mass is 19.1. The van der Waals surface area contributed by atoms with Crippen LogP contribution in [0.2, 0.25) is 0 Å². The molecule has 0 spiro atoms. The summed E-state index contributed by atoms with van der Waals surface area (Å²) in [4.78, 5) is 16.7. The molecule has 1 aliphatic heterocycles. The number of nitrogens with zero attached hydrogens (tertiary/aromatic N) is 2. The molecule has 4 rings (SSSR count). The van der Waals surface area contributed by atoms with Gasteiger partial charge in [-0.25, -0.2) is 8.78 Å². The van der Waals surface area contributed by atoms with E-state index in [9.17, 15) is 13.6 Å². The van der Waals surface area contributed by atoms with Gasteiger partial charge in [0.25, 0.3) is 0 Å². The number of nitrogens with one attached hydrogen (secondary N) is 1. The van der Waals surface area contributed by atoms with Crippen LogP contribution in [0.1, 0.15) is 5.56 Å². The number of rotatable bonds is 5. The van der Waals surface area contributed by atoms with Crippen LogP contribution in [0, 0.1) is 11.6 Å². The SMILES string of the molecule is CN(C)c1cc(CNc2cc(F)cc(F)c2)c2oc(N3CCOCC3)cc(=O)c2c1. The molecule has 0 atom stereocenters. The molecule has 3 aromatic rings. The zero-order valence-corrected chi connectivity index (χ0v) is 16.9. The minimum atomic E-state index is -0.662. The van der Waals surface area contributed by atoms with E-state index >= 15 is 0 Å². The molecule has 1 aromatic heterocycles. The van der Waals surface area contributed by atoms with E-state index < -0.39 is 11.6 Å². The fourth-order valence-corrected chi connectivity index (χ4v) is 3.48. The maximum atomic E-state index is 13.5. The molecule has 8 heteroatoms. The van der Waals surface area contributed by atoms with E-state index in [1.165, 1.54) is 18.2 Å². The number of morpholine rings is 1. The summed E-state index contributed by atoms with van der Waals surface area (Å²) >= 11 is 0. The molecule has 0 radical (unpaired) electrons. The largest absolute Gasteiger partial charge is 0.440 e. The van der Waals surface area contributed by atoms with Crippen LogP contribution in [0.25, 0.3) is 11.0 Å². The standard InChI is InChI=1S/C22H23F2N3O3/c1-26(2)18-7-14(13-25-17-9-15(23)8-16(24)10-17)22-19(11-18)20(28)12-21(30-22)27-3-5-29-6-4-27/h7-12,25H,3-6,13H2,1-2H3. The average molecular weight is 415 g/mol. The fraction of sp³-hybridized carbons (Fsp3) is 0.318. The number of hydrogen-bond acceptors (Lipinski definition) is 6. The predicted molar refractivity (Wildman–Crippen MR) is 114 cm³/mol. The Labute approximate surface area is 172 Å². The minimum absolute atomic E-state index is 0.139. The van der Waals surface area contributed by atoms with Gasteiger partial charge in [-0.1, -0.05) is 0 Å². The van der Waals surface area contributed by atoms with Crippen LogP contribution in [-0.2, 0) is 11.3 Å². The molecular formula is C22H23F2N3O3. The van der Waals surface area contributed by atoms with Crippen molar-refractivity contribution < 1.29 is 17.9 Å². The average Bonchev–Trinajstić information content (AvgIpc) is 2.72. The van der Waals surface area contributed by atoms with E-state index in [-0.39, 0.29) is 12.0 Å². The maximum absolute atomic E-state index is 13.5. The van der Waals surface area contributed by atoms with Crippen LogP contribution < -0.4 is 20.5 Å². The van der Waals surface area contributed by atoms with Crippen LogP contribution in [0.15, 0.2) is 45.6 Å². The molecule has 0 amide bonds. The lowest BCUT2D eigenvalue weighted by Crippen LogP contribution is -2.36. The third-order valence-electron chi connectivity index (χ3n) is 5.06. The van der Waals surface area contributed by atoms with Crippen LogP contribution in [0.5, 0.6) is 0 Å². The smallest absolute Gasteiger partial charge is 0.200 e. The van der Waals surface area contributed by atoms with Gasteiger partial charge in [-0.3, -0.25) is 4.79 Å². The van der Waals surface area contributed by atoms with E-state index in [2.05, 4.69) is 5.32 Å². The second kappa shape index (κ2) is 8.31. The molecule has 6 nitrogen and oxygen atoms in total. The van der Waals surface area contributed by atoms with E-state index in [4.69, 9.17) is 9.15 Å². The van der Waals surface area contributed by atoms with Crippen molar-refractivity contribution in [3.8, 4) is 0 Å². The summed E-state index contributed by atoms with van der Waals surface area (Å²) in [5.41, 5.74) is 2.17. The molecule has 158 valence electrons. The molecule has 0 bridgehead atoms. The second-order valence-electron chi connectivity index (χ2n) is 7.44. The summed E-state index contributed by atoms with van der Waals surface area (Å²) in [6, 6.07) is 8.45. The van der Waals surface area contributed by atoms with Gasteiger partial charge in [0.15, 0.2) is 11.3 Å². The van der Waals surface area contributed by atoms with Crippen molar-refractivity contribution >= 4 is 28.2 Å². The zero-order valence-electron chi connectivity index (χ0n) is 16.9. The first-order valence-corrected chi connectivity index (χ1v) is 9.71. The van der Waals surface area contributed by atoms with Crippen LogP contribution in [-0.4, -0.2) is 40.4 Å². The van der Waals surface area contributed by atoms with Crippen LogP contribution >= 0.6 is 0 Å². The molecule has 1 saturated heterocycles. The minimum Gasteiger partial charge on any atom is -0.440 e. The number of anilines is 3. The van der Waals surface area contributed by atoms with Crippen molar-refractivity contribution in [3.05, 3.63) is 63.8 Å². The molecule has 0 saturated carbocycles. The molecule has 2 aromatic carbocycles. The second-order valence-corrected chi connectivity index (χ2v) is 7.44. The third kappa shape index (κ3) is 4.23. The van der Waals surface area contributed by atoms with E-state index in [1.807, 2.05) is 30.0 Å². The van der Waals surface area contributed by atoms with Gasteiger partial charge in [0.2, 0.25) is 0 Å². The Morgan fingerprint density at radius 2 is 1.73 bits per heavy atom. The molecule has 1 fully saturated rings. The van der Waals surface area contributed by atoms with Gasteiger partial charge < -0.3 is 24.3 Å². The highest BCUT2D eigenvalue weighted by Crippen LogP contribution is 2.28. The van der Waals surface area contributed by atoms with Crippen LogP contribution in [0.3, 0.4) is 0 Å². The lowest BCUT2D eigenvalue weighted by Gasteiger charge is -2.27. The molecule has 0 unspecified atom stereocenters. The van der Waals surface area contributed by atoms with E-state index in [1.54, 1.807) is 6.07 Å². The summed E-state index contributed by atoms with van der Waals surface area (Å²) in [5.74, 6) is -0.831. The zero-order chi connectivity index (χ0) is 21.3. The van der Waals surface area contributed by atoms with Gasteiger partial charge in [-0.05, 0) is 24.3 Å². The maximum Gasteiger partial charge on any atom is 0.200 e. The van der Waals surface area contributed by atoms with Crippen molar-refractivity contribution in [3.63, 3.8) is 0 Å². The fourth-order valence-electron chi connectivity index (χ4n) is 3.48. The molecule has 2 heterocycles. The first kappa shape index (κ1) is 20.2. The Kier molecular flexibility index (Phi) is 5.59. The van der Waals surface area contributed by atoms with Gasteiger partial charge in [0, 0.05) is 62.8 Å². The first-order valence-electron chi connectivity index (χ1n) is 9.71. The number of benzene rings is 2. The van der Waals surface area contributed by atoms with Crippen molar-refractivity contribution in [2.75, 3.05) is 55.5 Å². The van der Waals surface area contributed by atoms with Gasteiger partial charge in [0.05, 0.1) is 18.6 Å². The Hall–Kier alpha value is -3.13. The van der Waals surface area contributed by atoms with Gasteiger partial charge in [-0.2, -0.15) is 0 Å². The Balaban J connectivity index is 1.76. The molecular weight excluding hydrogens is 392 g/mol. The number of fused-ring (bicyclic) bond motifs is 1. The Morgan fingerprint density at radius 1 is 1.03 bits per heavy atom. The number of ether oxygens (including phenoxy) is 1. The Bertz CT molecular complexity index is 1100. The molecule has 1 N–H and O–H groups in total. The summed E-state index contributed by atoms with van der Waals surface area (Å²) < 4.78 is 38.6. The van der Waals surface area contributed by atoms with Crippen molar-refractivity contribution in [1.29, 1.82) is 0 Å². The lowest BCUT2D eigenvalue weighted by molar-refractivity contribution is 0.121. The molecule has 0 aliphatic carbocycles. The van der Waals surface area contributed by atoms with Gasteiger partial charge in [-0.15, -0.1) is 0 Å². The highest BCUT2D eigenvalue weighted by Gasteiger charge is 2.18. The topological polar surface area (TPSA) is 57.9 Å². The lowest BCUT2D eigenvalue weighted by atomic mass is 10.1. The van der Waals surface area contributed by atoms with Crippen LogP contribution in [0.4, 0.5) is 26.0 Å². The van der Waals surface area contributed by atoms with Crippen molar-refractivity contribution in [2.45, 2.75) is 6.54 Å². The van der Waals surface area contributed by atoms with Crippen molar-refractivity contribution in [2.24, 2.45) is 0 Å². The van der Waals surface area contributed by atoms with E-state index in [0.717, 1.165) is 11.8 Å². The van der Waals surface area contributed by atoms with Crippen molar-refractivity contribution in [1.82, 2.24) is 0 Å². The number of halogens is 2.